The second-order valence-electron chi connectivity index (χ2n) is 7.48. The van der Waals surface area contributed by atoms with Crippen molar-refractivity contribution in [2.45, 2.75) is 43.7 Å². The van der Waals surface area contributed by atoms with E-state index in [1.807, 2.05) is 5.38 Å². The fourth-order valence-corrected chi connectivity index (χ4v) is 6.17. The van der Waals surface area contributed by atoms with E-state index in [2.05, 4.69) is 10.3 Å². The zero-order valence-electron chi connectivity index (χ0n) is 17.0. The number of nitrogens with one attached hydrogen (secondary N) is 1. The fourth-order valence-electron chi connectivity index (χ4n) is 3.70. The third-order valence-corrected chi connectivity index (χ3v) is 8.23. The van der Waals surface area contributed by atoms with Crippen molar-refractivity contribution in [2.75, 3.05) is 13.1 Å². The van der Waals surface area contributed by atoms with Crippen molar-refractivity contribution in [3.05, 3.63) is 58.0 Å². The average molecular weight is 461 g/mol. The van der Waals surface area contributed by atoms with Gasteiger partial charge in [0.25, 0.3) is 5.56 Å². The molecule has 4 rings (SSSR count). The van der Waals surface area contributed by atoms with Crippen LogP contribution in [-0.4, -0.2) is 41.3 Å². The van der Waals surface area contributed by atoms with Gasteiger partial charge >= 0.3 is 0 Å². The monoisotopic (exact) mass is 460 g/mol. The van der Waals surface area contributed by atoms with Gasteiger partial charge in [0, 0.05) is 32.6 Å². The number of carbonyl (C=O) groups is 1. The minimum absolute atomic E-state index is 0.0955. The van der Waals surface area contributed by atoms with Gasteiger partial charge < -0.3 is 5.32 Å². The summed E-state index contributed by atoms with van der Waals surface area (Å²) < 4.78 is 29.1. The fraction of sp³-hybridized carbons (Fsp3) is 0.381. The van der Waals surface area contributed by atoms with Crippen LogP contribution in [0, 0.1) is 0 Å². The van der Waals surface area contributed by atoms with E-state index in [4.69, 9.17) is 0 Å². The van der Waals surface area contributed by atoms with E-state index in [9.17, 15) is 18.0 Å². The Morgan fingerprint density at radius 3 is 2.71 bits per heavy atom. The number of piperidine rings is 1. The number of nitrogens with zero attached hydrogens (tertiary/aromatic N) is 3. The van der Waals surface area contributed by atoms with Crippen LogP contribution in [0.2, 0.25) is 0 Å². The Bertz CT molecular complexity index is 1240. The van der Waals surface area contributed by atoms with Crippen LogP contribution in [0.5, 0.6) is 0 Å². The number of benzene rings is 1. The van der Waals surface area contributed by atoms with Crippen molar-refractivity contribution in [3.63, 3.8) is 0 Å². The van der Waals surface area contributed by atoms with Crippen LogP contribution in [-0.2, 0) is 27.9 Å². The number of aryl methyl sites for hydroxylation is 1. The summed E-state index contributed by atoms with van der Waals surface area (Å²) in [5, 5.41) is 5.14. The third-order valence-electron chi connectivity index (χ3n) is 5.41. The minimum Gasteiger partial charge on any atom is -0.352 e. The molecule has 8 nitrogen and oxygen atoms in total. The number of aromatic nitrogens is 2. The van der Waals surface area contributed by atoms with Crippen molar-refractivity contribution < 1.29 is 13.2 Å². The summed E-state index contributed by atoms with van der Waals surface area (Å²) in [7, 11) is -3.59. The number of hydrogen-bond donors (Lipinski definition) is 1. The van der Waals surface area contributed by atoms with E-state index in [1.165, 1.54) is 26.5 Å². The van der Waals surface area contributed by atoms with E-state index in [1.54, 1.807) is 30.3 Å². The molecule has 0 atom stereocenters. The maximum atomic E-state index is 13.1. The number of rotatable bonds is 7. The standard InChI is InChI=1S/C21H24N4O4S2/c26-19(8-12-24-15-23-20-17(21(24)27)9-13-30-20)22-14-16-6-2-3-7-18(16)31(28,29)25-10-4-1-5-11-25/h2-3,6-7,9,13,15H,1,4-5,8,10-12,14H2,(H,22,26). The van der Waals surface area contributed by atoms with Gasteiger partial charge in [0.05, 0.1) is 16.6 Å². The molecule has 0 bridgehead atoms. The Morgan fingerprint density at radius 2 is 1.90 bits per heavy atom. The molecule has 31 heavy (non-hydrogen) atoms. The lowest BCUT2D eigenvalue weighted by molar-refractivity contribution is -0.121. The maximum Gasteiger partial charge on any atom is 0.262 e. The van der Waals surface area contributed by atoms with Crippen LogP contribution in [0.1, 0.15) is 31.2 Å². The molecule has 2 aromatic heterocycles. The highest BCUT2D eigenvalue weighted by atomic mass is 32.2. The van der Waals surface area contributed by atoms with Crippen molar-refractivity contribution in [1.29, 1.82) is 0 Å². The summed E-state index contributed by atoms with van der Waals surface area (Å²) in [5.74, 6) is -0.262. The molecule has 1 amide bonds. The second-order valence-corrected chi connectivity index (χ2v) is 10.3. The van der Waals surface area contributed by atoms with Gasteiger partial charge in [-0.2, -0.15) is 4.31 Å². The van der Waals surface area contributed by atoms with Crippen LogP contribution in [0.15, 0.2) is 51.7 Å². The lowest BCUT2D eigenvalue weighted by atomic mass is 10.2. The van der Waals surface area contributed by atoms with Gasteiger partial charge in [-0.05, 0) is 35.9 Å². The molecular weight excluding hydrogens is 436 g/mol. The first kappa shape index (κ1) is 21.7. The molecule has 3 heterocycles. The van der Waals surface area contributed by atoms with Gasteiger partial charge in [0.2, 0.25) is 15.9 Å². The van der Waals surface area contributed by atoms with E-state index in [0.29, 0.717) is 28.9 Å². The Labute approximate surface area is 184 Å². The molecule has 10 heteroatoms. The normalized spacial score (nSPS) is 15.2. The predicted molar refractivity (Wildman–Crippen MR) is 119 cm³/mol. The molecule has 0 unspecified atom stereocenters. The lowest BCUT2D eigenvalue weighted by Crippen LogP contribution is -2.36. The minimum atomic E-state index is -3.59. The highest BCUT2D eigenvalue weighted by Gasteiger charge is 2.27. The number of sulfonamides is 1. The number of fused-ring (bicyclic) bond motifs is 1. The zero-order chi connectivity index (χ0) is 21.8. The molecule has 1 saturated heterocycles. The number of hydrogen-bond acceptors (Lipinski definition) is 6. The molecule has 164 valence electrons. The van der Waals surface area contributed by atoms with Crippen LogP contribution < -0.4 is 10.9 Å². The van der Waals surface area contributed by atoms with Gasteiger partial charge in [-0.15, -0.1) is 11.3 Å². The largest absolute Gasteiger partial charge is 0.352 e. The van der Waals surface area contributed by atoms with Crippen LogP contribution in [0.4, 0.5) is 0 Å². The second kappa shape index (κ2) is 9.29. The molecular formula is C21H24N4O4S2. The highest BCUT2D eigenvalue weighted by molar-refractivity contribution is 7.89. The van der Waals surface area contributed by atoms with Crippen molar-refractivity contribution in [3.8, 4) is 0 Å². The summed E-state index contributed by atoms with van der Waals surface area (Å²) in [6, 6.07) is 8.49. The number of carbonyl (C=O) groups excluding carboxylic acids is 1. The number of amides is 1. The van der Waals surface area contributed by atoms with Gasteiger partial charge in [-0.25, -0.2) is 13.4 Å². The molecule has 0 spiro atoms. The molecule has 1 aliphatic heterocycles. The Kier molecular flexibility index (Phi) is 6.49. The summed E-state index contributed by atoms with van der Waals surface area (Å²) in [4.78, 5) is 29.9. The van der Waals surface area contributed by atoms with Crippen molar-refractivity contribution >= 4 is 37.5 Å². The maximum absolute atomic E-state index is 13.1. The van der Waals surface area contributed by atoms with Gasteiger partial charge in [-0.3, -0.25) is 14.2 Å². The van der Waals surface area contributed by atoms with Crippen molar-refractivity contribution in [1.82, 2.24) is 19.2 Å². The summed E-state index contributed by atoms with van der Waals surface area (Å²) in [5.41, 5.74) is 0.386. The molecule has 1 fully saturated rings. The highest BCUT2D eigenvalue weighted by Crippen LogP contribution is 2.23. The molecule has 1 N–H and O–H groups in total. The molecule has 3 aromatic rings. The topological polar surface area (TPSA) is 101 Å². The van der Waals surface area contributed by atoms with E-state index in [0.717, 1.165) is 19.3 Å². The quantitative estimate of drug-likeness (QED) is 0.583. The first-order valence-corrected chi connectivity index (χ1v) is 12.6. The van der Waals surface area contributed by atoms with E-state index in [-0.39, 0.29) is 35.9 Å². The van der Waals surface area contributed by atoms with Crippen LogP contribution in [0.25, 0.3) is 10.2 Å². The van der Waals surface area contributed by atoms with E-state index >= 15 is 0 Å². The molecule has 0 radical (unpaired) electrons. The summed E-state index contributed by atoms with van der Waals surface area (Å²) >= 11 is 1.40. The van der Waals surface area contributed by atoms with E-state index < -0.39 is 10.0 Å². The first-order chi connectivity index (χ1) is 15.0. The van der Waals surface area contributed by atoms with Crippen LogP contribution in [0.3, 0.4) is 0 Å². The van der Waals surface area contributed by atoms with Gasteiger partial charge in [0.1, 0.15) is 4.83 Å². The smallest absolute Gasteiger partial charge is 0.262 e. The SMILES string of the molecule is O=C(CCn1cnc2sccc2c1=O)NCc1ccccc1S(=O)(=O)N1CCCCC1. The average Bonchev–Trinajstić information content (AvgIpc) is 3.28. The van der Waals surface area contributed by atoms with Crippen molar-refractivity contribution in [2.24, 2.45) is 0 Å². The molecule has 0 saturated carbocycles. The Hall–Kier alpha value is -2.56. The lowest BCUT2D eigenvalue weighted by Gasteiger charge is -2.26. The van der Waals surface area contributed by atoms with Gasteiger partial charge in [0.15, 0.2) is 0 Å². The zero-order valence-corrected chi connectivity index (χ0v) is 18.6. The Morgan fingerprint density at radius 1 is 1.13 bits per heavy atom. The predicted octanol–water partition coefficient (Wildman–Crippen LogP) is 2.34. The Balaban J connectivity index is 1.40. The van der Waals surface area contributed by atoms with Crippen LogP contribution >= 0.6 is 11.3 Å². The summed E-state index contributed by atoms with van der Waals surface area (Å²) in [6.07, 6.45) is 4.32. The molecule has 1 aromatic carbocycles. The first-order valence-electron chi connectivity index (χ1n) is 10.2. The molecule has 1 aliphatic rings. The van der Waals surface area contributed by atoms with Gasteiger partial charge in [-0.1, -0.05) is 24.6 Å². The number of thiophene rings is 1. The molecule has 0 aliphatic carbocycles. The summed E-state index contributed by atoms with van der Waals surface area (Å²) in [6.45, 7) is 1.37. The third kappa shape index (κ3) is 4.70.